The molecule has 0 unspecified atom stereocenters. The molecule has 8 aromatic carbocycles. The Morgan fingerprint density at radius 1 is 0.510 bits per heavy atom. The van der Waals surface area contributed by atoms with Gasteiger partial charge in [-0.15, -0.1) is 11.3 Å². The lowest BCUT2D eigenvalue weighted by Crippen LogP contribution is -2.09. The van der Waals surface area contributed by atoms with Crippen molar-refractivity contribution in [1.82, 2.24) is 4.57 Å². The molecule has 0 aliphatic heterocycles. The Bertz CT molecular complexity index is 2870. The number of para-hydroxylation sites is 1. The Hall–Kier alpha value is -6.41. The number of hydrogen-bond acceptors (Lipinski definition) is 2. The topological polar surface area (TPSA) is 12.5 Å². The van der Waals surface area contributed by atoms with Gasteiger partial charge in [-0.2, -0.15) is 0 Å². The second-order valence-corrected chi connectivity index (χ2v) is 13.5. The van der Waals surface area contributed by atoms with Gasteiger partial charge in [0.05, 0.1) is 17.6 Å². The van der Waals surface area contributed by atoms with Crippen LogP contribution in [0.1, 0.15) is 0 Å². The van der Waals surface area contributed by atoms with Crippen molar-refractivity contribution in [3.8, 4) is 16.8 Å². The first-order valence-corrected chi connectivity index (χ1v) is 17.2. The zero-order valence-corrected chi connectivity index (χ0v) is 27.2. The highest BCUT2D eigenvalue weighted by Crippen LogP contribution is 2.44. The first-order valence-electron chi connectivity index (χ1n) is 16.4. The summed E-state index contributed by atoms with van der Waals surface area (Å²) in [5.74, 6) is 0. The van der Waals surface area contributed by atoms with Gasteiger partial charge in [-0.25, -0.2) is 4.85 Å². The molecule has 0 bridgehead atoms. The van der Waals surface area contributed by atoms with E-state index in [1.54, 1.807) is 0 Å². The Kier molecular flexibility index (Phi) is 6.11. The van der Waals surface area contributed by atoms with Crippen LogP contribution in [-0.2, 0) is 0 Å². The number of benzene rings is 8. The average Bonchev–Trinajstić information content (AvgIpc) is 3.71. The molecule has 0 saturated carbocycles. The highest BCUT2D eigenvalue weighted by molar-refractivity contribution is 7.25. The fourth-order valence-electron chi connectivity index (χ4n) is 7.56. The predicted octanol–water partition coefficient (Wildman–Crippen LogP) is 13.4. The zero-order valence-electron chi connectivity index (χ0n) is 26.3. The quantitative estimate of drug-likeness (QED) is 0.135. The Morgan fingerprint density at radius 2 is 1.20 bits per heavy atom. The molecule has 0 radical (unpaired) electrons. The molecule has 0 N–H and O–H groups in total. The van der Waals surface area contributed by atoms with Gasteiger partial charge in [0.25, 0.3) is 0 Å². The van der Waals surface area contributed by atoms with Crippen molar-refractivity contribution in [2.45, 2.75) is 0 Å². The van der Waals surface area contributed by atoms with Crippen molar-refractivity contribution in [3.63, 3.8) is 0 Å². The highest BCUT2D eigenvalue weighted by Gasteiger charge is 2.20. The molecule has 228 valence electrons. The van der Waals surface area contributed by atoms with Gasteiger partial charge >= 0.3 is 0 Å². The predicted molar refractivity (Wildman–Crippen MR) is 209 cm³/mol. The number of rotatable bonds is 5. The van der Waals surface area contributed by atoms with Crippen LogP contribution in [0.15, 0.2) is 164 Å². The third-order valence-corrected chi connectivity index (χ3v) is 10.9. The lowest BCUT2D eigenvalue weighted by molar-refractivity contribution is 1.18. The third-order valence-electron chi connectivity index (χ3n) is 9.77. The summed E-state index contributed by atoms with van der Waals surface area (Å²) in [6.45, 7) is 7.48. The van der Waals surface area contributed by atoms with Gasteiger partial charge in [-0.3, -0.25) is 0 Å². The van der Waals surface area contributed by atoms with Crippen LogP contribution >= 0.6 is 11.3 Å². The zero-order chi connectivity index (χ0) is 32.5. The first kappa shape index (κ1) is 27.7. The number of fused-ring (bicyclic) bond motifs is 3. The smallest absolute Gasteiger partial charge is 0.187 e. The molecule has 0 aliphatic carbocycles. The van der Waals surface area contributed by atoms with E-state index in [1.807, 2.05) is 35.6 Å². The van der Waals surface area contributed by atoms with Crippen LogP contribution in [0, 0.1) is 6.57 Å². The third kappa shape index (κ3) is 4.27. The van der Waals surface area contributed by atoms with Crippen molar-refractivity contribution < 1.29 is 0 Å². The monoisotopic (exact) mass is 641 g/mol. The van der Waals surface area contributed by atoms with Crippen LogP contribution in [0.2, 0.25) is 0 Å². The van der Waals surface area contributed by atoms with Gasteiger partial charge in [-0.05, 0) is 88.6 Å². The number of nitrogens with zero attached hydrogens (tertiary/aromatic N) is 3. The Morgan fingerprint density at radius 3 is 2.02 bits per heavy atom. The van der Waals surface area contributed by atoms with Crippen molar-refractivity contribution in [1.29, 1.82) is 0 Å². The van der Waals surface area contributed by atoms with E-state index in [1.165, 1.54) is 69.6 Å². The van der Waals surface area contributed by atoms with Crippen molar-refractivity contribution in [2.24, 2.45) is 0 Å². The van der Waals surface area contributed by atoms with E-state index in [0.717, 1.165) is 17.1 Å². The first-order chi connectivity index (χ1) is 24.2. The largest absolute Gasteiger partial charge is 0.311 e. The van der Waals surface area contributed by atoms with Crippen LogP contribution in [0.3, 0.4) is 0 Å². The second-order valence-electron chi connectivity index (χ2n) is 12.5. The van der Waals surface area contributed by atoms with Crippen molar-refractivity contribution in [3.05, 3.63) is 175 Å². The summed E-state index contributed by atoms with van der Waals surface area (Å²) in [5.41, 5.74) is 9.81. The van der Waals surface area contributed by atoms with Gasteiger partial charge < -0.3 is 9.47 Å². The molecule has 4 heteroatoms. The van der Waals surface area contributed by atoms with Crippen LogP contribution in [0.4, 0.5) is 22.7 Å². The van der Waals surface area contributed by atoms with Crippen LogP contribution < -0.4 is 4.90 Å². The summed E-state index contributed by atoms with van der Waals surface area (Å²) in [6, 6.07) is 58.5. The Labute approximate surface area is 287 Å². The van der Waals surface area contributed by atoms with Gasteiger partial charge in [0.1, 0.15) is 0 Å². The van der Waals surface area contributed by atoms with Crippen molar-refractivity contribution in [2.75, 3.05) is 4.90 Å². The van der Waals surface area contributed by atoms with Crippen LogP contribution in [0.25, 0.3) is 74.4 Å². The average molecular weight is 642 g/mol. The summed E-state index contributed by atoms with van der Waals surface area (Å²) in [4.78, 5) is 5.92. The SMILES string of the molecule is [C-]#[N+]c1ccc(N(c2ccc(-c3ccc4c5c3ccc3cccc(c35)n4-c3ccccc3)cc2)c2ccc3c(c2)sc2ccccc23)cc1. The maximum Gasteiger partial charge on any atom is 0.187 e. The molecule has 10 rings (SSSR count). The van der Waals surface area contributed by atoms with Crippen LogP contribution in [0.5, 0.6) is 0 Å². The van der Waals surface area contributed by atoms with Crippen LogP contribution in [-0.4, -0.2) is 4.57 Å². The van der Waals surface area contributed by atoms with E-state index in [0.29, 0.717) is 5.69 Å². The standard InChI is InChI=1S/C45H27N3S/c1-46-31-17-21-34(22-18-31)47(35-23-25-38-37-11-5-6-13-42(37)49-43(38)28-35)33-19-14-29(15-20-33)36-26-27-41-45-39(36)24-16-30-8-7-12-40(44(30)45)48(41)32-9-3-2-4-10-32/h2-28H. The van der Waals surface area contributed by atoms with E-state index in [-0.39, 0.29) is 0 Å². The van der Waals surface area contributed by atoms with Gasteiger partial charge in [-0.1, -0.05) is 97.1 Å². The summed E-state index contributed by atoms with van der Waals surface area (Å²) in [7, 11) is 0. The fraction of sp³-hybridized carbons (Fsp3) is 0. The number of aromatic nitrogens is 1. The molecule has 3 nitrogen and oxygen atoms in total. The summed E-state index contributed by atoms with van der Waals surface area (Å²) in [5, 5.41) is 7.69. The van der Waals surface area contributed by atoms with Gasteiger partial charge in [0, 0.05) is 53.7 Å². The Balaban J connectivity index is 1.12. The molecule has 0 saturated heterocycles. The number of hydrogen-bond donors (Lipinski definition) is 0. The minimum Gasteiger partial charge on any atom is -0.311 e. The molecule has 2 aromatic heterocycles. The lowest BCUT2D eigenvalue weighted by atomic mass is 9.94. The van der Waals surface area contributed by atoms with Crippen molar-refractivity contribution >= 4 is 86.8 Å². The molecule has 0 atom stereocenters. The number of anilines is 3. The maximum absolute atomic E-state index is 7.48. The normalized spacial score (nSPS) is 11.7. The molecular formula is C45H27N3S. The van der Waals surface area contributed by atoms with E-state index in [4.69, 9.17) is 6.57 Å². The number of thiophene rings is 1. The molecular weight excluding hydrogens is 615 g/mol. The minimum atomic E-state index is 0.633. The maximum atomic E-state index is 7.48. The second kappa shape index (κ2) is 10.8. The van der Waals surface area contributed by atoms with E-state index >= 15 is 0 Å². The van der Waals surface area contributed by atoms with E-state index < -0.39 is 0 Å². The molecule has 10 aromatic rings. The van der Waals surface area contributed by atoms with Gasteiger partial charge in [0.15, 0.2) is 5.69 Å². The summed E-state index contributed by atoms with van der Waals surface area (Å²) < 4.78 is 4.94. The van der Waals surface area contributed by atoms with E-state index in [9.17, 15) is 0 Å². The summed E-state index contributed by atoms with van der Waals surface area (Å²) in [6.07, 6.45) is 0. The molecule has 0 spiro atoms. The fourth-order valence-corrected chi connectivity index (χ4v) is 8.70. The molecule has 2 heterocycles. The van der Waals surface area contributed by atoms with E-state index in [2.05, 4.69) is 154 Å². The van der Waals surface area contributed by atoms with Gasteiger partial charge in [0.2, 0.25) is 0 Å². The lowest BCUT2D eigenvalue weighted by Gasteiger charge is -2.26. The molecule has 0 aliphatic rings. The highest BCUT2D eigenvalue weighted by atomic mass is 32.1. The molecule has 49 heavy (non-hydrogen) atoms. The summed E-state index contributed by atoms with van der Waals surface area (Å²) >= 11 is 1.83. The molecule has 0 amide bonds. The minimum absolute atomic E-state index is 0.633. The molecule has 0 fully saturated rings.